The molecule has 1 atom stereocenters. The van der Waals surface area contributed by atoms with Crippen molar-refractivity contribution in [3.8, 4) is 0 Å². The maximum Gasteiger partial charge on any atom is 0.216 e. The van der Waals surface area contributed by atoms with E-state index < -0.39 is 0 Å². The number of carbonyl (C=O) groups excluding carboxylic acids is 1. The first-order chi connectivity index (χ1) is 7.24. The number of rotatable bonds is 5. The Morgan fingerprint density at radius 3 is 2.53 bits per heavy atom. The summed E-state index contributed by atoms with van der Waals surface area (Å²) in [7, 11) is 0. The average molecular weight is 205 g/mol. The van der Waals surface area contributed by atoms with E-state index in [1.54, 1.807) is 6.92 Å². The molecule has 0 aliphatic heterocycles. The Kier molecular flexibility index (Phi) is 4.88. The summed E-state index contributed by atoms with van der Waals surface area (Å²) in [4.78, 5) is 10.7. The fourth-order valence-electron chi connectivity index (χ4n) is 1.75. The molecule has 82 valence electrons. The minimum Gasteiger partial charge on any atom is -0.356 e. The molecule has 0 heterocycles. The van der Waals surface area contributed by atoms with Gasteiger partial charge in [0.1, 0.15) is 0 Å². The fraction of sp³-hybridized carbons (Fsp3) is 0.462. The van der Waals surface area contributed by atoms with Gasteiger partial charge < -0.3 is 5.32 Å². The van der Waals surface area contributed by atoms with Crippen LogP contribution in [0.1, 0.15) is 38.2 Å². The van der Waals surface area contributed by atoms with E-state index in [2.05, 4.69) is 36.5 Å². The molecule has 1 amide bonds. The topological polar surface area (TPSA) is 29.1 Å². The van der Waals surface area contributed by atoms with Gasteiger partial charge >= 0.3 is 0 Å². The second-order valence-corrected chi connectivity index (χ2v) is 3.79. The Balaban J connectivity index is 2.46. The van der Waals surface area contributed by atoms with E-state index in [9.17, 15) is 4.79 Å². The molecule has 1 N–H and O–H groups in total. The van der Waals surface area contributed by atoms with Crippen LogP contribution in [0.3, 0.4) is 0 Å². The second kappa shape index (κ2) is 6.23. The molecular formula is C13H19NO. The van der Waals surface area contributed by atoms with Crippen LogP contribution in [0.15, 0.2) is 30.3 Å². The van der Waals surface area contributed by atoms with E-state index in [-0.39, 0.29) is 5.91 Å². The van der Waals surface area contributed by atoms with Crippen LogP contribution in [0, 0.1) is 0 Å². The zero-order valence-electron chi connectivity index (χ0n) is 9.49. The first kappa shape index (κ1) is 11.8. The molecule has 0 aliphatic rings. The minimum atomic E-state index is 0.0536. The Labute approximate surface area is 91.7 Å². The largest absolute Gasteiger partial charge is 0.356 e. The molecule has 0 spiro atoms. The van der Waals surface area contributed by atoms with Crippen molar-refractivity contribution in [2.75, 3.05) is 6.54 Å². The monoisotopic (exact) mass is 205 g/mol. The maximum absolute atomic E-state index is 10.7. The molecule has 1 rings (SSSR count). The summed E-state index contributed by atoms with van der Waals surface area (Å²) in [6.45, 7) is 4.51. The highest BCUT2D eigenvalue weighted by atomic mass is 16.1. The van der Waals surface area contributed by atoms with Crippen molar-refractivity contribution in [3.63, 3.8) is 0 Å². The lowest BCUT2D eigenvalue weighted by Gasteiger charge is -2.15. The molecule has 0 bridgehead atoms. The smallest absolute Gasteiger partial charge is 0.216 e. The molecule has 2 heteroatoms. The maximum atomic E-state index is 10.7. The van der Waals surface area contributed by atoms with Crippen molar-refractivity contribution in [2.24, 2.45) is 0 Å². The summed E-state index contributed by atoms with van der Waals surface area (Å²) < 4.78 is 0. The lowest BCUT2D eigenvalue weighted by atomic mass is 9.93. The molecule has 0 saturated carbocycles. The van der Waals surface area contributed by atoms with Crippen molar-refractivity contribution in [3.05, 3.63) is 35.9 Å². The number of amides is 1. The molecule has 2 nitrogen and oxygen atoms in total. The van der Waals surface area contributed by atoms with Crippen molar-refractivity contribution >= 4 is 5.91 Å². The van der Waals surface area contributed by atoms with Gasteiger partial charge in [-0.15, -0.1) is 0 Å². The normalized spacial score (nSPS) is 12.1. The number of benzene rings is 1. The predicted octanol–water partition coefficient (Wildman–Crippen LogP) is 2.71. The summed E-state index contributed by atoms with van der Waals surface area (Å²) >= 11 is 0. The number of hydrogen-bond donors (Lipinski definition) is 1. The molecule has 1 aromatic rings. The summed E-state index contributed by atoms with van der Waals surface area (Å²) in [6, 6.07) is 10.5. The molecule has 0 saturated heterocycles. The van der Waals surface area contributed by atoms with E-state index in [1.807, 2.05) is 6.07 Å². The Hall–Kier alpha value is -1.31. The second-order valence-electron chi connectivity index (χ2n) is 3.79. The molecular weight excluding hydrogens is 186 g/mol. The van der Waals surface area contributed by atoms with Gasteiger partial charge in [0.25, 0.3) is 0 Å². The Morgan fingerprint density at radius 1 is 1.33 bits per heavy atom. The fourth-order valence-corrected chi connectivity index (χ4v) is 1.75. The van der Waals surface area contributed by atoms with Crippen LogP contribution in [-0.2, 0) is 4.79 Å². The molecule has 0 radical (unpaired) electrons. The van der Waals surface area contributed by atoms with Crippen LogP contribution < -0.4 is 5.32 Å². The van der Waals surface area contributed by atoms with Crippen LogP contribution in [0.2, 0.25) is 0 Å². The number of hydrogen-bond acceptors (Lipinski definition) is 1. The third-order valence-electron chi connectivity index (χ3n) is 2.63. The van der Waals surface area contributed by atoms with Crippen LogP contribution in [0.25, 0.3) is 0 Å². The Morgan fingerprint density at radius 2 is 2.00 bits per heavy atom. The van der Waals surface area contributed by atoms with Gasteiger partial charge in [-0.1, -0.05) is 37.3 Å². The third kappa shape index (κ3) is 4.15. The third-order valence-corrected chi connectivity index (χ3v) is 2.63. The van der Waals surface area contributed by atoms with Crippen molar-refractivity contribution in [1.82, 2.24) is 5.32 Å². The molecule has 15 heavy (non-hydrogen) atoms. The lowest BCUT2D eigenvalue weighted by molar-refractivity contribution is -0.118. The highest BCUT2D eigenvalue weighted by Crippen LogP contribution is 2.21. The van der Waals surface area contributed by atoms with E-state index in [0.717, 1.165) is 19.4 Å². The highest BCUT2D eigenvalue weighted by Gasteiger charge is 2.08. The van der Waals surface area contributed by atoms with Gasteiger partial charge in [0.15, 0.2) is 0 Å². The SMILES string of the molecule is CCC(CCNC(C)=O)c1ccccc1. The minimum absolute atomic E-state index is 0.0536. The summed E-state index contributed by atoms with van der Waals surface area (Å²) in [5.41, 5.74) is 1.37. The number of nitrogens with one attached hydrogen (secondary N) is 1. The zero-order valence-corrected chi connectivity index (χ0v) is 9.49. The van der Waals surface area contributed by atoms with E-state index >= 15 is 0 Å². The van der Waals surface area contributed by atoms with Crippen LogP contribution >= 0.6 is 0 Å². The van der Waals surface area contributed by atoms with E-state index in [0.29, 0.717) is 5.92 Å². The van der Waals surface area contributed by atoms with Crippen molar-refractivity contribution in [2.45, 2.75) is 32.6 Å². The summed E-state index contributed by atoms with van der Waals surface area (Å²) in [5, 5.41) is 2.84. The van der Waals surface area contributed by atoms with E-state index in [1.165, 1.54) is 5.56 Å². The van der Waals surface area contributed by atoms with Gasteiger partial charge in [0, 0.05) is 13.5 Å². The van der Waals surface area contributed by atoms with Crippen LogP contribution in [0.5, 0.6) is 0 Å². The van der Waals surface area contributed by atoms with Gasteiger partial charge in [-0.3, -0.25) is 4.79 Å². The molecule has 0 aliphatic carbocycles. The molecule has 1 unspecified atom stereocenters. The zero-order chi connectivity index (χ0) is 11.1. The summed E-state index contributed by atoms with van der Waals surface area (Å²) in [5.74, 6) is 0.607. The number of carbonyl (C=O) groups is 1. The Bertz CT molecular complexity index is 295. The molecule has 0 aromatic heterocycles. The van der Waals surface area contributed by atoms with Crippen LogP contribution in [-0.4, -0.2) is 12.5 Å². The van der Waals surface area contributed by atoms with Gasteiger partial charge in [-0.25, -0.2) is 0 Å². The standard InChI is InChI=1S/C13H19NO/c1-3-12(9-10-14-11(2)15)13-7-5-4-6-8-13/h4-8,12H,3,9-10H2,1-2H3,(H,14,15). The first-order valence-electron chi connectivity index (χ1n) is 5.53. The van der Waals surface area contributed by atoms with Gasteiger partial charge in [0.2, 0.25) is 5.91 Å². The quantitative estimate of drug-likeness (QED) is 0.786. The average Bonchev–Trinajstić information content (AvgIpc) is 2.25. The van der Waals surface area contributed by atoms with Gasteiger partial charge in [-0.2, -0.15) is 0 Å². The summed E-state index contributed by atoms with van der Waals surface area (Å²) in [6.07, 6.45) is 2.13. The molecule has 0 fully saturated rings. The van der Waals surface area contributed by atoms with Gasteiger partial charge in [0.05, 0.1) is 0 Å². The predicted molar refractivity (Wildman–Crippen MR) is 62.8 cm³/mol. The first-order valence-corrected chi connectivity index (χ1v) is 5.53. The highest BCUT2D eigenvalue weighted by molar-refractivity contribution is 5.72. The van der Waals surface area contributed by atoms with Crippen molar-refractivity contribution in [1.29, 1.82) is 0 Å². The van der Waals surface area contributed by atoms with Crippen LogP contribution in [0.4, 0.5) is 0 Å². The van der Waals surface area contributed by atoms with Gasteiger partial charge in [-0.05, 0) is 24.3 Å². The van der Waals surface area contributed by atoms with E-state index in [4.69, 9.17) is 0 Å². The molecule has 1 aromatic carbocycles. The lowest BCUT2D eigenvalue weighted by Crippen LogP contribution is -2.22. The van der Waals surface area contributed by atoms with Crippen molar-refractivity contribution < 1.29 is 4.79 Å².